The number of hydrogen-bond donors (Lipinski definition) is 3. The summed E-state index contributed by atoms with van der Waals surface area (Å²) in [5, 5.41) is 18.5. The zero-order chi connectivity index (χ0) is 29.7. The molecule has 8 aromatic rings. The first kappa shape index (κ1) is 26.2. The summed E-state index contributed by atoms with van der Waals surface area (Å²) in [6, 6.07) is 53.9. The van der Waals surface area contributed by atoms with Gasteiger partial charge in [-0.1, -0.05) is 133 Å². The van der Waals surface area contributed by atoms with Gasteiger partial charge in [-0.15, -0.1) is 0 Å². The van der Waals surface area contributed by atoms with E-state index in [4.69, 9.17) is 4.42 Å². The molecule has 4 nitrogen and oxygen atoms in total. The number of nitrogens with one attached hydrogen (secondary N) is 3. The monoisotopic (exact) mass is 581 g/mol. The maximum atomic E-state index is 6.69. The van der Waals surface area contributed by atoms with Gasteiger partial charge < -0.3 is 4.42 Å². The molecule has 0 bridgehead atoms. The minimum absolute atomic E-state index is 0.0438. The third-order valence-corrected chi connectivity index (χ3v) is 9.16. The Bertz CT molecular complexity index is 2330. The van der Waals surface area contributed by atoms with Gasteiger partial charge in [-0.2, -0.15) is 0 Å². The standard InChI is InChI=1S/C41H31N3O/c1-3-12-27(13-4-1)35-25-36-33-22-21-31(24-37(33)45-38(36)34-18-10-9-17-32(34)35)41-43-39(28-14-5-2-6-15-28)42-40(44-41)30-20-19-26-11-7-8-16-29(26)23-30/h1-25,39-44H. The minimum Gasteiger partial charge on any atom is -0.455 e. The summed E-state index contributed by atoms with van der Waals surface area (Å²) in [4.78, 5) is 0. The van der Waals surface area contributed by atoms with Gasteiger partial charge in [-0.05, 0) is 62.2 Å². The molecule has 1 aromatic heterocycles. The second-order valence-electron chi connectivity index (χ2n) is 11.9. The smallest absolute Gasteiger partial charge is 0.143 e. The van der Waals surface area contributed by atoms with Crippen molar-refractivity contribution in [3.05, 3.63) is 168 Å². The molecule has 2 heterocycles. The van der Waals surface area contributed by atoms with Gasteiger partial charge in [-0.3, -0.25) is 16.0 Å². The van der Waals surface area contributed by atoms with Crippen LogP contribution in [0.15, 0.2) is 156 Å². The van der Waals surface area contributed by atoms with Crippen LogP contribution in [0.25, 0.3) is 54.6 Å². The summed E-state index contributed by atoms with van der Waals surface area (Å²) in [7, 11) is 0. The van der Waals surface area contributed by atoms with Crippen LogP contribution in [0.1, 0.15) is 35.2 Å². The zero-order valence-electron chi connectivity index (χ0n) is 24.6. The van der Waals surface area contributed by atoms with Crippen molar-refractivity contribution >= 4 is 43.5 Å². The average molecular weight is 582 g/mol. The van der Waals surface area contributed by atoms with E-state index in [1.807, 2.05) is 0 Å². The highest BCUT2D eigenvalue weighted by atomic mass is 16.3. The van der Waals surface area contributed by atoms with Crippen molar-refractivity contribution in [3.8, 4) is 11.1 Å². The third kappa shape index (κ3) is 4.59. The first-order valence-electron chi connectivity index (χ1n) is 15.5. The second kappa shape index (κ2) is 10.7. The third-order valence-electron chi connectivity index (χ3n) is 9.16. The largest absolute Gasteiger partial charge is 0.455 e. The van der Waals surface area contributed by atoms with Crippen molar-refractivity contribution in [2.24, 2.45) is 0 Å². The van der Waals surface area contributed by atoms with Gasteiger partial charge in [0.1, 0.15) is 11.2 Å². The molecule has 4 heteroatoms. The van der Waals surface area contributed by atoms with Crippen LogP contribution >= 0.6 is 0 Å². The van der Waals surface area contributed by atoms with E-state index in [1.54, 1.807) is 0 Å². The molecule has 1 fully saturated rings. The summed E-state index contributed by atoms with van der Waals surface area (Å²) < 4.78 is 6.69. The van der Waals surface area contributed by atoms with E-state index in [-0.39, 0.29) is 18.5 Å². The molecule has 0 saturated carbocycles. The van der Waals surface area contributed by atoms with Crippen LogP contribution < -0.4 is 16.0 Å². The van der Waals surface area contributed by atoms with E-state index >= 15 is 0 Å². The zero-order valence-corrected chi connectivity index (χ0v) is 24.6. The van der Waals surface area contributed by atoms with Gasteiger partial charge in [0.25, 0.3) is 0 Å². The molecule has 216 valence electrons. The lowest BCUT2D eigenvalue weighted by Crippen LogP contribution is -2.54. The van der Waals surface area contributed by atoms with E-state index < -0.39 is 0 Å². The molecular formula is C41H31N3O. The predicted molar refractivity (Wildman–Crippen MR) is 185 cm³/mol. The highest BCUT2D eigenvalue weighted by Gasteiger charge is 2.30. The fraction of sp³-hybridized carbons (Fsp3) is 0.0732. The maximum absolute atomic E-state index is 6.69. The Morgan fingerprint density at radius 2 is 1.00 bits per heavy atom. The SMILES string of the molecule is c1ccc(-c2cc3c4ccc(C5NC(c6ccccc6)NC(c6ccc7ccccc7c6)N5)cc4oc3c3ccccc23)cc1. The van der Waals surface area contributed by atoms with Crippen molar-refractivity contribution in [3.63, 3.8) is 0 Å². The summed E-state index contributed by atoms with van der Waals surface area (Å²) >= 11 is 0. The van der Waals surface area contributed by atoms with Crippen LogP contribution in [0.2, 0.25) is 0 Å². The predicted octanol–water partition coefficient (Wildman–Crippen LogP) is 9.74. The Kier molecular flexibility index (Phi) is 6.23. The normalized spacial score (nSPS) is 18.6. The highest BCUT2D eigenvalue weighted by molar-refractivity contribution is 6.19. The number of hydrogen-bond acceptors (Lipinski definition) is 4. The fourth-order valence-corrected chi connectivity index (χ4v) is 6.91. The summed E-state index contributed by atoms with van der Waals surface area (Å²) in [5.41, 5.74) is 7.76. The van der Waals surface area contributed by atoms with Crippen molar-refractivity contribution in [1.82, 2.24) is 16.0 Å². The van der Waals surface area contributed by atoms with Crippen molar-refractivity contribution in [2.75, 3.05) is 0 Å². The molecule has 1 aliphatic heterocycles. The number of fused-ring (bicyclic) bond motifs is 6. The quantitative estimate of drug-likeness (QED) is 0.194. The number of furan rings is 1. The molecule has 3 unspecified atom stereocenters. The lowest BCUT2D eigenvalue weighted by Gasteiger charge is -2.39. The molecular weight excluding hydrogens is 550 g/mol. The lowest BCUT2D eigenvalue weighted by molar-refractivity contribution is 0.203. The number of rotatable bonds is 4. The summed E-state index contributed by atoms with van der Waals surface area (Å²) in [6.45, 7) is 0. The first-order chi connectivity index (χ1) is 22.3. The molecule has 9 rings (SSSR count). The lowest BCUT2D eigenvalue weighted by atomic mass is 9.95. The van der Waals surface area contributed by atoms with Crippen LogP contribution in [0.5, 0.6) is 0 Å². The summed E-state index contributed by atoms with van der Waals surface area (Å²) in [6.07, 6.45) is -0.213. The van der Waals surface area contributed by atoms with E-state index in [1.165, 1.54) is 38.4 Å². The van der Waals surface area contributed by atoms with Crippen molar-refractivity contribution in [2.45, 2.75) is 18.5 Å². The molecule has 0 spiro atoms. The topological polar surface area (TPSA) is 49.2 Å². The summed E-state index contributed by atoms with van der Waals surface area (Å²) in [5.74, 6) is 0. The minimum atomic E-state index is -0.109. The first-order valence-corrected chi connectivity index (χ1v) is 15.5. The van der Waals surface area contributed by atoms with Gasteiger partial charge in [0.05, 0.1) is 18.5 Å². The molecule has 1 aliphatic rings. The molecule has 3 N–H and O–H groups in total. The van der Waals surface area contributed by atoms with Crippen molar-refractivity contribution in [1.29, 1.82) is 0 Å². The molecule has 7 aromatic carbocycles. The highest BCUT2D eigenvalue weighted by Crippen LogP contribution is 2.40. The fourth-order valence-electron chi connectivity index (χ4n) is 6.91. The molecule has 1 saturated heterocycles. The van der Waals surface area contributed by atoms with E-state index in [2.05, 4.69) is 168 Å². The van der Waals surface area contributed by atoms with Gasteiger partial charge in [0, 0.05) is 16.2 Å². The number of benzene rings is 7. The Balaban J connectivity index is 1.15. The van der Waals surface area contributed by atoms with Gasteiger partial charge in [0.2, 0.25) is 0 Å². The Labute approximate surface area is 261 Å². The van der Waals surface area contributed by atoms with Crippen LogP contribution in [0.3, 0.4) is 0 Å². The van der Waals surface area contributed by atoms with Crippen LogP contribution in [-0.4, -0.2) is 0 Å². The Morgan fingerprint density at radius 3 is 1.78 bits per heavy atom. The van der Waals surface area contributed by atoms with Gasteiger partial charge >= 0.3 is 0 Å². The van der Waals surface area contributed by atoms with E-state index in [0.717, 1.165) is 32.9 Å². The van der Waals surface area contributed by atoms with Crippen LogP contribution in [-0.2, 0) is 0 Å². The van der Waals surface area contributed by atoms with Crippen LogP contribution in [0, 0.1) is 0 Å². The van der Waals surface area contributed by atoms with E-state index in [0.29, 0.717) is 0 Å². The average Bonchev–Trinajstić information content (AvgIpc) is 3.50. The molecule has 45 heavy (non-hydrogen) atoms. The van der Waals surface area contributed by atoms with Crippen LogP contribution in [0.4, 0.5) is 0 Å². The van der Waals surface area contributed by atoms with E-state index in [9.17, 15) is 0 Å². The Morgan fingerprint density at radius 1 is 0.400 bits per heavy atom. The van der Waals surface area contributed by atoms with Crippen molar-refractivity contribution < 1.29 is 4.42 Å². The molecule has 0 aliphatic carbocycles. The second-order valence-corrected chi connectivity index (χ2v) is 11.9. The Hall–Kier alpha value is -5.26. The maximum Gasteiger partial charge on any atom is 0.143 e. The molecule has 0 radical (unpaired) electrons. The van der Waals surface area contributed by atoms with Gasteiger partial charge in [0.15, 0.2) is 0 Å². The molecule has 3 atom stereocenters. The van der Waals surface area contributed by atoms with Gasteiger partial charge in [-0.25, -0.2) is 0 Å². The molecule has 0 amide bonds.